The second kappa shape index (κ2) is 9.00. The van der Waals surface area contributed by atoms with Crippen LogP contribution in [0.1, 0.15) is 42.7 Å². The summed E-state index contributed by atoms with van der Waals surface area (Å²) in [6.45, 7) is 4.67. The van der Waals surface area contributed by atoms with E-state index in [0.29, 0.717) is 18.5 Å². The predicted molar refractivity (Wildman–Crippen MR) is 102 cm³/mol. The lowest BCUT2D eigenvalue weighted by Gasteiger charge is -2.27. The maximum absolute atomic E-state index is 12.6. The molecule has 0 unspecified atom stereocenters. The highest BCUT2D eigenvalue weighted by molar-refractivity contribution is 9.11. The van der Waals surface area contributed by atoms with E-state index in [1.165, 1.54) is 4.88 Å². The van der Waals surface area contributed by atoms with Crippen molar-refractivity contribution in [1.82, 2.24) is 4.90 Å². The van der Waals surface area contributed by atoms with Crippen LogP contribution in [0.5, 0.6) is 0 Å². The fourth-order valence-electron chi connectivity index (χ4n) is 2.48. The molecule has 1 aromatic heterocycles. The zero-order valence-corrected chi connectivity index (χ0v) is 16.4. The fourth-order valence-corrected chi connectivity index (χ4v) is 4.01. The van der Waals surface area contributed by atoms with E-state index in [-0.39, 0.29) is 11.9 Å². The van der Waals surface area contributed by atoms with E-state index >= 15 is 0 Å². The molecule has 1 heterocycles. The Morgan fingerprint density at radius 1 is 1.25 bits per heavy atom. The Balaban J connectivity index is 1.90. The Labute approximate surface area is 156 Å². The van der Waals surface area contributed by atoms with E-state index in [0.717, 1.165) is 22.2 Å². The Hall–Kier alpha value is -1.64. The summed E-state index contributed by atoms with van der Waals surface area (Å²) in [5.74, 6) is 0.185. The molecule has 1 aromatic carbocycles. The third-order valence-electron chi connectivity index (χ3n) is 3.82. The summed E-state index contributed by atoms with van der Waals surface area (Å²) in [6, 6.07) is 13.9. The topological polar surface area (TPSA) is 44.1 Å². The summed E-state index contributed by atoms with van der Waals surface area (Å²) in [7, 11) is 0. The van der Waals surface area contributed by atoms with E-state index < -0.39 is 0 Å². The standard InChI is InChI=1S/C19H21BrN2OS/c1-14(2)22(13-16-8-6-15(12-21)7-9-16)19(23)5-3-4-17-10-11-18(20)24-17/h6-11,14H,3-5,13H2,1-2H3. The van der Waals surface area contributed by atoms with Crippen LogP contribution >= 0.6 is 27.3 Å². The molecule has 3 nitrogen and oxygen atoms in total. The lowest BCUT2D eigenvalue weighted by atomic mass is 10.1. The molecule has 0 N–H and O–H groups in total. The second-order valence-electron chi connectivity index (χ2n) is 5.98. The van der Waals surface area contributed by atoms with Gasteiger partial charge in [0.15, 0.2) is 0 Å². The van der Waals surface area contributed by atoms with Crippen molar-refractivity contribution in [3.63, 3.8) is 0 Å². The van der Waals surface area contributed by atoms with Gasteiger partial charge in [-0.1, -0.05) is 12.1 Å². The van der Waals surface area contributed by atoms with Gasteiger partial charge in [-0.05, 0) is 72.4 Å². The SMILES string of the molecule is CC(C)N(Cc1ccc(C#N)cc1)C(=O)CCCc1ccc(Br)s1. The summed E-state index contributed by atoms with van der Waals surface area (Å²) < 4.78 is 1.13. The maximum Gasteiger partial charge on any atom is 0.223 e. The van der Waals surface area contributed by atoms with Gasteiger partial charge in [0.2, 0.25) is 5.91 Å². The molecule has 0 bridgehead atoms. The molecule has 2 aromatic rings. The second-order valence-corrected chi connectivity index (χ2v) is 8.53. The van der Waals surface area contributed by atoms with Crippen molar-refractivity contribution < 1.29 is 4.79 Å². The van der Waals surface area contributed by atoms with Gasteiger partial charge in [-0.15, -0.1) is 11.3 Å². The van der Waals surface area contributed by atoms with Gasteiger partial charge in [0.05, 0.1) is 15.4 Å². The highest BCUT2D eigenvalue weighted by Gasteiger charge is 2.17. The van der Waals surface area contributed by atoms with E-state index in [2.05, 4.69) is 28.1 Å². The fraction of sp³-hybridized carbons (Fsp3) is 0.368. The van der Waals surface area contributed by atoms with Crippen molar-refractivity contribution in [1.29, 1.82) is 5.26 Å². The Morgan fingerprint density at radius 3 is 2.50 bits per heavy atom. The van der Waals surface area contributed by atoms with Gasteiger partial charge in [-0.2, -0.15) is 5.26 Å². The van der Waals surface area contributed by atoms with Crippen molar-refractivity contribution in [3.05, 3.63) is 56.2 Å². The Bertz CT molecular complexity index is 716. The molecule has 24 heavy (non-hydrogen) atoms. The van der Waals surface area contributed by atoms with Crippen LogP contribution in [0.2, 0.25) is 0 Å². The number of thiophene rings is 1. The van der Waals surface area contributed by atoms with Gasteiger partial charge in [-0.25, -0.2) is 0 Å². The third kappa shape index (κ3) is 5.47. The van der Waals surface area contributed by atoms with E-state index in [1.807, 2.05) is 36.9 Å². The average Bonchev–Trinajstić information content (AvgIpc) is 2.98. The smallest absolute Gasteiger partial charge is 0.223 e. The Morgan fingerprint density at radius 2 is 1.96 bits per heavy atom. The predicted octanol–water partition coefficient (Wildman–Crippen LogP) is 5.14. The number of carbonyl (C=O) groups is 1. The molecule has 0 radical (unpaired) electrons. The molecule has 5 heteroatoms. The van der Waals surface area contributed by atoms with Gasteiger partial charge in [-0.3, -0.25) is 4.79 Å². The van der Waals surface area contributed by atoms with Crippen LogP contribution in [-0.2, 0) is 17.8 Å². The summed E-state index contributed by atoms with van der Waals surface area (Å²) in [5, 5.41) is 8.86. The van der Waals surface area contributed by atoms with Crippen molar-refractivity contribution >= 4 is 33.2 Å². The third-order valence-corrected chi connectivity index (χ3v) is 5.51. The number of carbonyl (C=O) groups excluding carboxylic acids is 1. The van der Waals surface area contributed by atoms with Crippen LogP contribution in [0.25, 0.3) is 0 Å². The molecule has 0 fully saturated rings. The largest absolute Gasteiger partial charge is 0.336 e. The molecule has 0 spiro atoms. The molecule has 0 saturated carbocycles. The van der Waals surface area contributed by atoms with Gasteiger partial charge >= 0.3 is 0 Å². The molecular weight excluding hydrogens is 384 g/mol. The van der Waals surface area contributed by atoms with Gasteiger partial charge < -0.3 is 4.90 Å². The minimum Gasteiger partial charge on any atom is -0.336 e. The first kappa shape index (κ1) is 18.7. The highest BCUT2D eigenvalue weighted by Crippen LogP contribution is 2.23. The van der Waals surface area contributed by atoms with Crippen LogP contribution in [0.15, 0.2) is 40.2 Å². The summed E-state index contributed by atoms with van der Waals surface area (Å²) in [4.78, 5) is 15.8. The van der Waals surface area contributed by atoms with E-state index in [9.17, 15) is 4.79 Å². The molecule has 0 aliphatic carbocycles. The van der Waals surface area contributed by atoms with Crippen LogP contribution in [-0.4, -0.2) is 16.8 Å². The molecule has 2 rings (SSSR count). The van der Waals surface area contributed by atoms with Crippen LogP contribution < -0.4 is 0 Å². The zero-order chi connectivity index (χ0) is 17.5. The minimum atomic E-state index is 0.157. The summed E-state index contributed by atoms with van der Waals surface area (Å²) >= 11 is 5.19. The summed E-state index contributed by atoms with van der Waals surface area (Å²) in [6.07, 6.45) is 2.36. The monoisotopic (exact) mass is 404 g/mol. The number of hydrogen-bond acceptors (Lipinski definition) is 3. The van der Waals surface area contributed by atoms with Crippen molar-refractivity contribution in [2.24, 2.45) is 0 Å². The normalized spacial score (nSPS) is 10.6. The molecule has 1 amide bonds. The molecular formula is C19H21BrN2OS. The zero-order valence-electron chi connectivity index (χ0n) is 14.0. The van der Waals surface area contributed by atoms with E-state index in [4.69, 9.17) is 5.26 Å². The number of nitriles is 1. The molecule has 0 aliphatic heterocycles. The quantitative estimate of drug-likeness (QED) is 0.640. The average molecular weight is 405 g/mol. The van der Waals surface area contributed by atoms with Crippen LogP contribution in [0, 0.1) is 11.3 Å². The van der Waals surface area contributed by atoms with Crippen molar-refractivity contribution in [2.45, 2.75) is 45.7 Å². The minimum absolute atomic E-state index is 0.157. The number of benzene rings is 1. The Kier molecular flexibility index (Phi) is 7.01. The number of hydrogen-bond donors (Lipinski definition) is 0. The number of rotatable bonds is 7. The number of aryl methyl sites for hydroxylation is 1. The van der Waals surface area contributed by atoms with E-state index in [1.54, 1.807) is 23.5 Å². The molecule has 126 valence electrons. The first-order valence-electron chi connectivity index (χ1n) is 8.02. The molecule has 0 aliphatic rings. The lowest BCUT2D eigenvalue weighted by Crippen LogP contribution is -2.36. The first-order valence-corrected chi connectivity index (χ1v) is 9.63. The van der Waals surface area contributed by atoms with Crippen LogP contribution in [0.4, 0.5) is 0 Å². The van der Waals surface area contributed by atoms with Crippen molar-refractivity contribution in [2.75, 3.05) is 0 Å². The number of halogens is 1. The van der Waals surface area contributed by atoms with Crippen LogP contribution in [0.3, 0.4) is 0 Å². The lowest BCUT2D eigenvalue weighted by molar-refractivity contribution is -0.133. The number of nitrogens with zero attached hydrogens (tertiary/aromatic N) is 2. The molecule has 0 saturated heterocycles. The first-order chi connectivity index (χ1) is 11.5. The highest BCUT2D eigenvalue weighted by atomic mass is 79.9. The van der Waals surface area contributed by atoms with Gasteiger partial charge in [0.25, 0.3) is 0 Å². The number of amides is 1. The summed E-state index contributed by atoms with van der Waals surface area (Å²) in [5.41, 5.74) is 1.70. The maximum atomic E-state index is 12.6. The molecule has 0 atom stereocenters. The van der Waals surface area contributed by atoms with Crippen molar-refractivity contribution in [3.8, 4) is 6.07 Å². The van der Waals surface area contributed by atoms with Gasteiger partial charge in [0, 0.05) is 23.9 Å². The van der Waals surface area contributed by atoms with Gasteiger partial charge in [0.1, 0.15) is 0 Å².